The number of nitrogens with one attached hydrogen (secondary N) is 1. The lowest BCUT2D eigenvalue weighted by Gasteiger charge is -2.22. The summed E-state index contributed by atoms with van der Waals surface area (Å²) in [6.07, 6.45) is 0. The molecule has 0 bridgehead atoms. The highest BCUT2D eigenvalue weighted by Gasteiger charge is 2.16. The van der Waals surface area contributed by atoms with Crippen LogP contribution in [0.1, 0.15) is 35.2 Å². The van der Waals surface area contributed by atoms with E-state index < -0.39 is 0 Å². The van der Waals surface area contributed by atoms with Crippen molar-refractivity contribution in [1.29, 1.82) is 0 Å². The molecule has 112 valence electrons. The molecule has 2 aromatic carbocycles. The van der Waals surface area contributed by atoms with E-state index in [1.54, 1.807) is 7.11 Å². The lowest BCUT2D eigenvalue weighted by atomic mass is 9.94. The minimum Gasteiger partial charge on any atom is -0.496 e. The second-order valence-corrected chi connectivity index (χ2v) is 6.10. The second kappa shape index (κ2) is 7.10. The molecule has 0 radical (unpaired) electrons. The van der Waals surface area contributed by atoms with Crippen molar-refractivity contribution in [2.45, 2.75) is 26.8 Å². The first-order valence-electron chi connectivity index (χ1n) is 7.20. The van der Waals surface area contributed by atoms with Gasteiger partial charge < -0.3 is 10.1 Å². The molecule has 2 aromatic rings. The second-order valence-electron chi connectivity index (χ2n) is 5.24. The monoisotopic (exact) mass is 347 g/mol. The Kier molecular flexibility index (Phi) is 5.43. The molecule has 0 heterocycles. The zero-order valence-corrected chi connectivity index (χ0v) is 14.6. The van der Waals surface area contributed by atoms with Gasteiger partial charge in [-0.2, -0.15) is 0 Å². The average molecular weight is 348 g/mol. The SMILES string of the molecule is CCNC(c1ccc(OC)c(Br)c1)c1ccc(C)cc1C. The van der Waals surface area contributed by atoms with Crippen LogP contribution in [-0.4, -0.2) is 13.7 Å². The molecule has 0 saturated heterocycles. The Bertz CT molecular complexity index is 625. The van der Waals surface area contributed by atoms with Crippen molar-refractivity contribution in [3.8, 4) is 5.75 Å². The molecule has 0 aliphatic heterocycles. The van der Waals surface area contributed by atoms with Crippen molar-refractivity contribution in [3.63, 3.8) is 0 Å². The van der Waals surface area contributed by atoms with Gasteiger partial charge in [-0.05, 0) is 65.1 Å². The van der Waals surface area contributed by atoms with Crippen molar-refractivity contribution in [1.82, 2.24) is 5.32 Å². The lowest BCUT2D eigenvalue weighted by molar-refractivity contribution is 0.412. The van der Waals surface area contributed by atoms with Crippen LogP contribution < -0.4 is 10.1 Å². The Morgan fingerprint density at radius 1 is 1.14 bits per heavy atom. The summed E-state index contributed by atoms with van der Waals surface area (Å²) in [4.78, 5) is 0. The summed E-state index contributed by atoms with van der Waals surface area (Å²) in [6.45, 7) is 7.35. The normalized spacial score (nSPS) is 12.2. The van der Waals surface area contributed by atoms with E-state index in [0.717, 1.165) is 16.8 Å². The molecular formula is C18H22BrNO. The number of hydrogen-bond acceptors (Lipinski definition) is 2. The molecule has 0 saturated carbocycles. The van der Waals surface area contributed by atoms with Crippen LogP contribution in [0.25, 0.3) is 0 Å². The Morgan fingerprint density at radius 2 is 1.90 bits per heavy atom. The number of rotatable bonds is 5. The van der Waals surface area contributed by atoms with Crippen LogP contribution in [0.15, 0.2) is 40.9 Å². The van der Waals surface area contributed by atoms with E-state index in [9.17, 15) is 0 Å². The Labute approximate surface area is 135 Å². The average Bonchev–Trinajstić information content (AvgIpc) is 2.45. The molecule has 2 rings (SSSR count). The largest absolute Gasteiger partial charge is 0.496 e. The number of benzene rings is 2. The van der Waals surface area contributed by atoms with Crippen molar-refractivity contribution in [3.05, 3.63) is 63.1 Å². The van der Waals surface area contributed by atoms with Gasteiger partial charge >= 0.3 is 0 Å². The third-order valence-corrected chi connectivity index (χ3v) is 4.27. The summed E-state index contributed by atoms with van der Waals surface area (Å²) < 4.78 is 6.30. The molecule has 3 heteroatoms. The van der Waals surface area contributed by atoms with Crippen LogP contribution in [0, 0.1) is 13.8 Å². The number of methoxy groups -OCH3 is 1. The van der Waals surface area contributed by atoms with Gasteiger partial charge in [0.05, 0.1) is 17.6 Å². The van der Waals surface area contributed by atoms with E-state index in [2.05, 4.69) is 72.3 Å². The fourth-order valence-corrected chi connectivity index (χ4v) is 3.18. The summed E-state index contributed by atoms with van der Waals surface area (Å²) in [5.74, 6) is 0.856. The number of aryl methyl sites for hydroxylation is 2. The Morgan fingerprint density at radius 3 is 2.48 bits per heavy atom. The molecular weight excluding hydrogens is 326 g/mol. The fraction of sp³-hybridized carbons (Fsp3) is 0.333. The predicted octanol–water partition coefficient (Wildman–Crippen LogP) is 4.77. The summed E-state index contributed by atoms with van der Waals surface area (Å²) in [7, 11) is 1.69. The van der Waals surface area contributed by atoms with Crippen LogP contribution in [0.2, 0.25) is 0 Å². The molecule has 0 aliphatic carbocycles. The third kappa shape index (κ3) is 3.66. The van der Waals surface area contributed by atoms with E-state index in [-0.39, 0.29) is 6.04 Å². The maximum atomic E-state index is 5.32. The summed E-state index contributed by atoms with van der Waals surface area (Å²) in [5.41, 5.74) is 5.16. The van der Waals surface area contributed by atoms with Gasteiger partial charge in [-0.3, -0.25) is 0 Å². The molecule has 1 unspecified atom stereocenters. The van der Waals surface area contributed by atoms with Crippen molar-refractivity contribution < 1.29 is 4.74 Å². The standard InChI is InChI=1S/C18H22BrNO/c1-5-20-18(15-8-6-12(2)10-13(15)3)14-7-9-17(21-4)16(19)11-14/h6-11,18,20H,5H2,1-4H3. The van der Waals surface area contributed by atoms with Gasteiger partial charge in [-0.1, -0.05) is 36.8 Å². The van der Waals surface area contributed by atoms with Crippen molar-refractivity contribution in [2.24, 2.45) is 0 Å². The summed E-state index contributed by atoms with van der Waals surface area (Å²) in [6, 6.07) is 13.1. The van der Waals surface area contributed by atoms with E-state index >= 15 is 0 Å². The van der Waals surface area contributed by atoms with E-state index in [1.165, 1.54) is 22.3 Å². The van der Waals surface area contributed by atoms with Gasteiger partial charge in [-0.15, -0.1) is 0 Å². The van der Waals surface area contributed by atoms with Gasteiger partial charge in [0, 0.05) is 0 Å². The topological polar surface area (TPSA) is 21.3 Å². The first-order chi connectivity index (χ1) is 10.1. The maximum Gasteiger partial charge on any atom is 0.133 e. The predicted molar refractivity (Wildman–Crippen MR) is 92.1 cm³/mol. The number of ether oxygens (including phenoxy) is 1. The summed E-state index contributed by atoms with van der Waals surface area (Å²) in [5, 5.41) is 3.58. The minimum atomic E-state index is 0.192. The molecule has 0 aromatic heterocycles. The molecule has 0 amide bonds. The molecule has 0 spiro atoms. The highest BCUT2D eigenvalue weighted by atomic mass is 79.9. The third-order valence-electron chi connectivity index (χ3n) is 3.65. The maximum absolute atomic E-state index is 5.32. The van der Waals surface area contributed by atoms with Gasteiger partial charge in [0.15, 0.2) is 0 Å². The van der Waals surface area contributed by atoms with E-state index in [1.807, 2.05) is 6.07 Å². The van der Waals surface area contributed by atoms with Crippen LogP contribution >= 0.6 is 15.9 Å². The molecule has 2 nitrogen and oxygen atoms in total. The van der Waals surface area contributed by atoms with Crippen LogP contribution in [0.5, 0.6) is 5.75 Å². The van der Waals surface area contributed by atoms with Crippen LogP contribution in [-0.2, 0) is 0 Å². The van der Waals surface area contributed by atoms with Gasteiger partial charge in [0.25, 0.3) is 0 Å². The van der Waals surface area contributed by atoms with Crippen LogP contribution in [0.4, 0.5) is 0 Å². The zero-order chi connectivity index (χ0) is 15.4. The first kappa shape index (κ1) is 16.1. The Hall–Kier alpha value is -1.32. The van der Waals surface area contributed by atoms with Crippen molar-refractivity contribution in [2.75, 3.05) is 13.7 Å². The van der Waals surface area contributed by atoms with Gasteiger partial charge in [0.2, 0.25) is 0 Å². The smallest absolute Gasteiger partial charge is 0.133 e. The Balaban J connectivity index is 2.45. The minimum absolute atomic E-state index is 0.192. The van der Waals surface area contributed by atoms with Gasteiger partial charge in [-0.25, -0.2) is 0 Å². The molecule has 21 heavy (non-hydrogen) atoms. The molecule has 1 atom stereocenters. The van der Waals surface area contributed by atoms with E-state index in [0.29, 0.717) is 0 Å². The number of hydrogen-bond donors (Lipinski definition) is 1. The quantitative estimate of drug-likeness (QED) is 0.840. The van der Waals surface area contributed by atoms with Crippen LogP contribution in [0.3, 0.4) is 0 Å². The lowest BCUT2D eigenvalue weighted by Crippen LogP contribution is -2.22. The first-order valence-corrected chi connectivity index (χ1v) is 8.00. The fourth-order valence-electron chi connectivity index (χ4n) is 2.62. The summed E-state index contributed by atoms with van der Waals surface area (Å²) >= 11 is 3.58. The highest BCUT2D eigenvalue weighted by Crippen LogP contribution is 2.31. The molecule has 1 N–H and O–H groups in total. The number of halogens is 1. The highest BCUT2D eigenvalue weighted by molar-refractivity contribution is 9.10. The van der Waals surface area contributed by atoms with E-state index in [4.69, 9.17) is 4.74 Å². The zero-order valence-electron chi connectivity index (χ0n) is 13.0. The van der Waals surface area contributed by atoms with Gasteiger partial charge in [0.1, 0.15) is 5.75 Å². The molecule has 0 aliphatic rings. The van der Waals surface area contributed by atoms with Crippen molar-refractivity contribution >= 4 is 15.9 Å². The molecule has 0 fully saturated rings.